The Morgan fingerprint density at radius 2 is 1.37 bits per heavy atom. The number of allylic oxidation sites excluding steroid dienone is 1. The Kier molecular flexibility index (Phi) is 5.82. The first kappa shape index (κ1) is 20.3. The summed E-state index contributed by atoms with van der Waals surface area (Å²) in [6.45, 7) is 2.30. The van der Waals surface area contributed by atoms with Gasteiger partial charge in [0.05, 0.1) is 0 Å². The maximum atomic E-state index is 12.2. The number of nitroso groups, excluding NO2 is 3. The lowest BCUT2D eigenvalue weighted by atomic mass is 9.59. The van der Waals surface area contributed by atoms with Gasteiger partial charge in [0.1, 0.15) is 23.4 Å². The highest BCUT2D eigenvalue weighted by Gasteiger charge is 2.56. The van der Waals surface area contributed by atoms with Crippen LogP contribution in [0.25, 0.3) is 0 Å². The summed E-state index contributed by atoms with van der Waals surface area (Å²) in [4.78, 5) is 82.2. The Hall–Kier alpha value is -2.98. The lowest BCUT2D eigenvalue weighted by Gasteiger charge is -2.43. The summed E-state index contributed by atoms with van der Waals surface area (Å²) >= 11 is 0. The van der Waals surface area contributed by atoms with E-state index in [0.29, 0.717) is 0 Å². The summed E-state index contributed by atoms with van der Waals surface area (Å²) in [5, 5.41) is 18.0. The zero-order valence-electron chi connectivity index (χ0n) is 14.5. The number of aliphatic hydroxyl groups is 1. The average molecular weight is 379 g/mol. The highest BCUT2D eigenvalue weighted by atomic mass is 16.3. The maximum Gasteiger partial charge on any atom is 0.226 e. The summed E-state index contributed by atoms with van der Waals surface area (Å²) in [5.41, 5.74) is -0.621. The van der Waals surface area contributed by atoms with E-state index in [9.17, 15) is 39.0 Å². The maximum absolute atomic E-state index is 12.2. The molecule has 6 atom stereocenters. The van der Waals surface area contributed by atoms with Crippen molar-refractivity contribution in [3.05, 3.63) is 26.2 Å². The van der Waals surface area contributed by atoms with Gasteiger partial charge in [-0.1, -0.05) is 10.4 Å². The van der Waals surface area contributed by atoms with E-state index in [1.165, 1.54) is 0 Å². The van der Waals surface area contributed by atoms with Crippen molar-refractivity contribution in [1.82, 2.24) is 0 Å². The summed E-state index contributed by atoms with van der Waals surface area (Å²) < 4.78 is 0. The van der Waals surface area contributed by atoms with Crippen molar-refractivity contribution in [2.75, 3.05) is 0 Å². The molecule has 0 aromatic heterocycles. The van der Waals surface area contributed by atoms with Crippen molar-refractivity contribution in [2.45, 2.75) is 38.8 Å². The van der Waals surface area contributed by atoms with Gasteiger partial charge in [0.15, 0.2) is 11.7 Å². The quantitative estimate of drug-likeness (QED) is 0.531. The molecule has 0 amide bonds. The fourth-order valence-corrected chi connectivity index (χ4v) is 4.15. The molecule has 0 spiro atoms. The topological polar surface area (TPSA) is 177 Å². The number of carbonyl (C=O) groups excluding carboxylic acids is 4. The third-order valence-corrected chi connectivity index (χ3v) is 5.41. The van der Waals surface area contributed by atoms with Crippen molar-refractivity contribution in [3.63, 3.8) is 0 Å². The average Bonchev–Trinajstić information content (AvgIpc) is 2.62. The van der Waals surface area contributed by atoms with Gasteiger partial charge in [-0.05, 0) is 19.0 Å². The number of nitrogens with zero attached hydrogens (tertiary/aromatic N) is 3. The predicted octanol–water partition coefficient (Wildman–Crippen LogP) is 1.38. The first-order valence-corrected chi connectivity index (χ1v) is 8.17. The van der Waals surface area contributed by atoms with Crippen LogP contribution in [0.5, 0.6) is 0 Å². The van der Waals surface area contributed by atoms with Crippen molar-refractivity contribution < 1.29 is 24.3 Å². The van der Waals surface area contributed by atoms with E-state index < -0.39 is 76.8 Å². The third-order valence-electron chi connectivity index (χ3n) is 5.41. The Morgan fingerprint density at radius 3 is 1.81 bits per heavy atom. The van der Waals surface area contributed by atoms with Crippen LogP contribution < -0.4 is 0 Å². The van der Waals surface area contributed by atoms with Crippen molar-refractivity contribution in [3.8, 4) is 0 Å². The van der Waals surface area contributed by atoms with E-state index in [4.69, 9.17) is 0 Å². The summed E-state index contributed by atoms with van der Waals surface area (Å²) in [5.74, 6) is -8.57. The number of hydrogen-bond acceptors (Lipinski definition) is 11. The van der Waals surface area contributed by atoms with Crippen LogP contribution in [0.4, 0.5) is 0 Å². The van der Waals surface area contributed by atoms with Gasteiger partial charge in [0.2, 0.25) is 11.6 Å². The van der Waals surface area contributed by atoms with Gasteiger partial charge >= 0.3 is 0 Å². The van der Waals surface area contributed by atoms with E-state index in [2.05, 4.69) is 15.5 Å². The van der Waals surface area contributed by atoms with E-state index >= 15 is 0 Å². The Labute approximate surface area is 152 Å². The zero-order chi connectivity index (χ0) is 20.5. The number of aliphatic hydroxyl groups excluding tert-OH is 1. The minimum Gasteiger partial charge on any atom is -0.510 e. The van der Waals surface area contributed by atoms with E-state index in [1.54, 1.807) is 0 Å². The minimum absolute atomic E-state index is 0.373. The van der Waals surface area contributed by atoms with Gasteiger partial charge in [-0.15, -0.1) is 4.91 Å². The van der Waals surface area contributed by atoms with Crippen LogP contribution in [0.2, 0.25) is 0 Å². The molecule has 1 saturated carbocycles. The number of hydrogen-bond donors (Lipinski definition) is 1. The molecular weight excluding hydrogens is 362 g/mol. The minimum atomic E-state index is -1.80. The van der Waals surface area contributed by atoms with Gasteiger partial charge in [0, 0.05) is 36.5 Å². The molecule has 27 heavy (non-hydrogen) atoms. The van der Waals surface area contributed by atoms with Gasteiger partial charge in [0.25, 0.3) is 0 Å². The molecule has 0 aliphatic heterocycles. The van der Waals surface area contributed by atoms with Crippen molar-refractivity contribution >= 4 is 23.1 Å². The van der Waals surface area contributed by atoms with Gasteiger partial charge in [-0.3, -0.25) is 19.2 Å². The second-order valence-corrected chi connectivity index (χ2v) is 6.81. The molecule has 0 bridgehead atoms. The molecule has 0 radical (unpaired) electrons. The molecule has 2 aliphatic rings. The summed E-state index contributed by atoms with van der Waals surface area (Å²) in [6, 6.07) is -3.47. The molecule has 0 aromatic carbocycles. The zero-order valence-corrected chi connectivity index (χ0v) is 14.5. The van der Waals surface area contributed by atoms with Crippen LogP contribution in [0.15, 0.2) is 27.0 Å². The summed E-state index contributed by atoms with van der Waals surface area (Å²) in [7, 11) is 0. The van der Waals surface area contributed by atoms with Crippen LogP contribution in [0, 0.1) is 38.4 Å². The first-order chi connectivity index (χ1) is 12.7. The Balaban J connectivity index is 2.70. The van der Waals surface area contributed by atoms with Crippen LogP contribution in [0.1, 0.15) is 26.7 Å². The van der Waals surface area contributed by atoms with E-state index in [0.717, 1.165) is 13.8 Å². The fourth-order valence-electron chi connectivity index (χ4n) is 4.15. The molecule has 0 aromatic rings. The highest BCUT2D eigenvalue weighted by molar-refractivity contribution is 6.40. The van der Waals surface area contributed by atoms with Crippen LogP contribution in [0.3, 0.4) is 0 Å². The molecule has 2 rings (SSSR count). The molecule has 11 heteroatoms. The molecule has 6 unspecified atom stereocenters. The number of Topliss-reactive ketones (excluding diaryl/α,β-unsaturated/α-hetero) is 4. The molecule has 0 heterocycles. The normalized spacial score (nSPS) is 34.1. The molecule has 2 aliphatic carbocycles. The lowest BCUT2D eigenvalue weighted by molar-refractivity contribution is -0.146. The highest BCUT2D eigenvalue weighted by Crippen LogP contribution is 2.47. The van der Waals surface area contributed by atoms with Crippen LogP contribution in [-0.2, 0) is 19.2 Å². The monoisotopic (exact) mass is 379 g/mol. The fraction of sp³-hybridized carbons (Fsp3) is 0.625. The number of carbonyl (C=O) groups is 4. The van der Waals surface area contributed by atoms with Gasteiger partial charge in [-0.25, -0.2) is 0 Å². The van der Waals surface area contributed by atoms with Crippen molar-refractivity contribution in [2.24, 2.45) is 39.2 Å². The van der Waals surface area contributed by atoms with Crippen LogP contribution in [-0.4, -0.2) is 40.3 Å². The van der Waals surface area contributed by atoms with Gasteiger partial charge in [-0.2, -0.15) is 9.81 Å². The Morgan fingerprint density at radius 1 is 0.889 bits per heavy atom. The second-order valence-electron chi connectivity index (χ2n) is 6.81. The third kappa shape index (κ3) is 3.36. The molecule has 0 saturated heterocycles. The molecule has 11 nitrogen and oxygen atoms in total. The lowest BCUT2D eigenvalue weighted by Crippen LogP contribution is -2.54. The molecule has 1 fully saturated rings. The van der Waals surface area contributed by atoms with Crippen molar-refractivity contribution in [1.29, 1.82) is 0 Å². The van der Waals surface area contributed by atoms with E-state index in [-0.39, 0.29) is 6.42 Å². The largest absolute Gasteiger partial charge is 0.510 e. The predicted molar refractivity (Wildman–Crippen MR) is 89.2 cm³/mol. The second kappa shape index (κ2) is 7.72. The molecular formula is C16H17N3O8. The first-order valence-electron chi connectivity index (χ1n) is 8.17. The molecule has 144 valence electrons. The summed E-state index contributed by atoms with van der Waals surface area (Å²) in [6.07, 6.45) is -0.876. The smallest absolute Gasteiger partial charge is 0.226 e. The van der Waals surface area contributed by atoms with Gasteiger partial charge < -0.3 is 5.11 Å². The SMILES string of the molecule is CC(=O)C1CC(=O)C(=O)C(N=O)C1C1C(C(C)=O)CC(O)=C(N=O)C1N=O. The Bertz CT molecular complexity index is 774. The molecule has 1 N–H and O–H groups in total. The number of rotatable bonds is 6. The van der Waals surface area contributed by atoms with Crippen LogP contribution >= 0.6 is 0 Å². The number of ketones is 4. The standard InChI is InChI=1S/C16H17N3O8/c1-5(20)7-3-9(22)13(17-25)14(18-26)11(7)12-8(6(2)21)4-10(23)16(24)15(12)19-27/h7-8,11-12,14-15,22H,3-4H2,1-2H3. The van der Waals surface area contributed by atoms with E-state index in [1.807, 2.05) is 0 Å².